The molecule has 0 aromatic carbocycles. The van der Waals surface area contributed by atoms with Crippen LogP contribution < -0.4 is 0 Å². The fourth-order valence-electron chi connectivity index (χ4n) is 2.64. The number of ketones is 1. The highest BCUT2D eigenvalue weighted by Gasteiger charge is 2.39. The van der Waals surface area contributed by atoms with E-state index < -0.39 is 5.60 Å². The standard InChI is InChI=1S/C14H20O2S/c1-2-16-14(8-4-3-5-9-14)13(15)11-12-7-6-10-17-12/h6-7,10H,2-5,8-9,11H2,1H3. The van der Waals surface area contributed by atoms with Crippen LogP contribution in [0, 0.1) is 0 Å². The van der Waals surface area contributed by atoms with Gasteiger partial charge < -0.3 is 4.74 Å². The molecule has 0 aliphatic heterocycles. The molecule has 17 heavy (non-hydrogen) atoms. The molecule has 1 saturated carbocycles. The van der Waals surface area contributed by atoms with E-state index in [1.165, 1.54) is 6.42 Å². The summed E-state index contributed by atoms with van der Waals surface area (Å²) in [4.78, 5) is 13.6. The normalized spacial score (nSPS) is 19.1. The minimum absolute atomic E-state index is 0.279. The van der Waals surface area contributed by atoms with Crippen LogP contribution in [0.5, 0.6) is 0 Å². The van der Waals surface area contributed by atoms with E-state index in [-0.39, 0.29) is 5.78 Å². The van der Waals surface area contributed by atoms with Gasteiger partial charge in [-0.05, 0) is 31.2 Å². The van der Waals surface area contributed by atoms with Crippen molar-refractivity contribution in [2.45, 2.75) is 51.0 Å². The van der Waals surface area contributed by atoms with Crippen molar-refractivity contribution in [2.24, 2.45) is 0 Å². The molecule has 2 rings (SSSR count). The molecule has 1 heterocycles. The molecule has 0 atom stereocenters. The third-order valence-corrected chi connectivity index (χ3v) is 4.38. The van der Waals surface area contributed by atoms with Gasteiger partial charge in [-0.15, -0.1) is 11.3 Å². The first-order valence-corrected chi connectivity index (χ1v) is 7.34. The van der Waals surface area contributed by atoms with Crippen molar-refractivity contribution >= 4 is 17.1 Å². The van der Waals surface area contributed by atoms with Crippen LogP contribution in [-0.2, 0) is 16.0 Å². The summed E-state index contributed by atoms with van der Waals surface area (Å²) in [5.74, 6) is 0.279. The smallest absolute Gasteiger partial charge is 0.169 e. The lowest BCUT2D eigenvalue weighted by Crippen LogP contribution is -2.44. The van der Waals surface area contributed by atoms with E-state index in [9.17, 15) is 4.79 Å². The SMILES string of the molecule is CCOC1(C(=O)Cc2cccs2)CCCCC1. The van der Waals surface area contributed by atoms with Crippen molar-refractivity contribution in [3.8, 4) is 0 Å². The minimum Gasteiger partial charge on any atom is -0.367 e. The molecule has 3 heteroatoms. The summed E-state index contributed by atoms with van der Waals surface area (Å²) in [7, 11) is 0. The molecule has 0 saturated heterocycles. The van der Waals surface area contributed by atoms with Gasteiger partial charge in [0.15, 0.2) is 5.78 Å². The Morgan fingerprint density at radius 2 is 2.18 bits per heavy atom. The molecule has 0 amide bonds. The van der Waals surface area contributed by atoms with Gasteiger partial charge in [-0.1, -0.05) is 25.3 Å². The maximum Gasteiger partial charge on any atom is 0.169 e. The molecule has 0 bridgehead atoms. The average molecular weight is 252 g/mol. The Bertz CT molecular complexity index is 345. The van der Waals surface area contributed by atoms with Crippen LogP contribution in [0.4, 0.5) is 0 Å². The van der Waals surface area contributed by atoms with Gasteiger partial charge in [0.05, 0.1) is 0 Å². The third-order valence-electron chi connectivity index (χ3n) is 3.50. The Labute approximate surface area is 107 Å². The van der Waals surface area contributed by atoms with E-state index in [4.69, 9.17) is 4.74 Å². The molecule has 1 aromatic rings. The van der Waals surface area contributed by atoms with Crippen molar-refractivity contribution in [2.75, 3.05) is 6.61 Å². The predicted molar refractivity (Wildman–Crippen MR) is 70.5 cm³/mol. The highest BCUT2D eigenvalue weighted by atomic mass is 32.1. The molecule has 0 unspecified atom stereocenters. The molecule has 94 valence electrons. The first-order valence-electron chi connectivity index (χ1n) is 6.46. The second-order valence-corrected chi connectivity index (χ2v) is 5.70. The first kappa shape index (κ1) is 12.8. The zero-order valence-electron chi connectivity index (χ0n) is 10.4. The highest BCUT2D eigenvalue weighted by molar-refractivity contribution is 7.10. The summed E-state index contributed by atoms with van der Waals surface area (Å²) < 4.78 is 5.84. The second-order valence-electron chi connectivity index (χ2n) is 4.67. The maximum absolute atomic E-state index is 12.5. The van der Waals surface area contributed by atoms with Gasteiger partial charge >= 0.3 is 0 Å². The van der Waals surface area contributed by atoms with E-state index in [0.29, 0.717) is 13.0 Å². The zero-order chi connectivity index (χ0) is 12.1. The maximum atomic E-state index is 12.5. The van der Waals surface area contributed by atoms with Crippen molar-refractivity contribution in [3.05, 3.63) is 22.4 Å². The van der Waals surface area contributed by atoms with Crippen LogP contribution >= 0.6 is 11.3 Å². The Morgan fingerprint density at radius 1 is 1.41 bits per heavy atom. The minimum atomic E-state index is -0.475. The molecule has 0 N–H and O–H groups in total. The monoisotopic (exact) mass is 252 g/mol. The number of carbonyl (C=O) groups is 1. The molecule has 2 nitrogen and oxygen atoms in total. The lowest BCUT2D eigenvalue weighted by molar-refractivity contribution is -0.148. The zero-order valence-corrected chi connectivity index (χ0v) is 11.2. The molecular formula is C14H20O2S. The molecule has 0 spiro atoms. The molecule has 1 aliphatic rings. The Balaban J connectivity index is 2.06. The molecular weight excluding hydrogens is 232 g/mol. The van der Waals surface area contributed by atoms with Gasteiger partial charge in [0.25, 0.3) is 0 Å². The van der Waals surface area contributed by atoms with Crippen molar-refractivity contribution < 1.29 is 9.53 Å². The van der Waals surface area contributed by atoms with Gasteiger partial charge in [0, 0.05) is 17.9 Å². The van der Waals surface area contributed by atoms with Crippen molar-refractivity contribution in [3.63, 3.8) is 0 Å². The third kappa shape index (κ3) is 2.96. The summed E-state index contributed by atoms with van der Waals surface area (Å²) in [6, 6.07) is 4.03. The van der Waals surface area contributed by atoms with E-state index >= 15 is 0 Å². The molecule has 0 radical (unpaired) electrons. The van der Waals surface area contributed by atoms with E-state index in [0.717, 1.165) is 30.6 Å². The number of thiophene rings is 1. The number of Topliss-reactive ketones (excluding diaryl/α,β-unsaturated/α-hetero) is 1. The van der Waals surface area contributed by atoms with Crippen LogP contribution in [0.1, 0.15) is 43.9 Å². The van der Waals surface area contributed by atoms with Gasteiger partial charge in [-0.3, -0.25) is 4.79 Å². The quantitative estimate of drug-likeness (QED) is 0.800. The average Bonchev–Trinajstić information content (AvgIpc) is 2.83. The summed E-state index contributed by atoms with van der Waals surface area (Å²) in [5.41, 5.74) is -0.475. The van der Waals surface area contributed by atoms with Crippen LogP contribution in [-0.4, -0.2) is 18.0 Å². The van der Waals surface area contributed by atoms with Crippen LogP contribution in [0.3, 0.4) is 0 Å². The van der Waals surface area contributed by atoms with Gasteiger partial charge in [0.1, 0.15) is 5.60 Å². The largest absolute Gasteiger partial charge is 0.367 e. The highest BCUT2D eigenvalue weighted by Crippen LogP contribution is 2.33. The summed E-state index contributed by atoms with van der Waals surface area (Å²) >= 11 is 1.66. The van der Waals surface area contributed by atoms with E-state index in [1.54, 1.807) is 11.3 Å². The summed E-state index contributed by atoms with van der Waals surface area (Å²) in [6.07, 6.45) is 5.83. The number of carbonyl (C=O) groups excluding carboxylic acids is 1. The van der Waals surface area contributed by atoms with Crippen LogP contribution in [0.25, 0.3) is 0 Å². The number of ether oxygens (including phenoxy) is 1. The topological polar surface area (TPSA) is 26.3 Å². The van der Waals surface area contributed by atoms with Gasteiger partial charge in [0.2, 0.25) is 0 Å². The fourth-order valence-corrected chi connectivity index (χ4v) is 3.34. The van der Waals surface area contributed by atoms with E-state index in [2.05, 4.69) is 0 Å². The summed E-state index contributed by atoms with van der Waals surface area (Å²) in [5, 5.41) is 2.02. The van der Waals surface area contributed by atoms with Crippen molar-refractivity contribution in [1.82, 2.24) is 0 Å². The predicted octanol–water partition coefficient (Wildman–Crippen LogP) is 3.60. The van der Waals surface area contributed by atoms with Crippen molar-refractivity contribution in [1.29, 1.82) is 0 Å². The van der Waals surface area contributed by atoms with Crippen LogP contribution in [0.2, 0.25) is 0 Å². The number of hydrogen-bond donors (Lipinski definition) is 0. The van der Waals surface area contributed by atoms with Gasteiger partial charge in [-0.2, -0.15) is 0 Å². The lowest BCUT2D eigenvalue weighted by atomic mass is 9.80. The van der Waals surface area contributed by atoms with Gasteiger partial charge in [-0.25, -0.2) is 0 Å². The Hall–Kier alpha value is -0.670. The van der Waals surface area contributed by atoms with E-state index in [1.807, 2.05) is 24.4 Å². The second kappa shape index (κ2) is 5.78. The number of rotatable bonds is 5. The lowest BCUT2D eigenvalue weighted by Gasteiger charge is -2.35. The Morgan fingerprint density at radius 3 is 2.76 bits per heavy atom. The first-order chi connectivity index (χ1) is 8.27. The summed E-state index contributed by atoms with van der Waals surface area (Å²) in [6.45, 7) is 2.62. The molecule has 1 aromatic heterocycles. The fraction of sp³-hybridized carbons (Fsp3) is 0.643. The molecule has 1 fully saturated rings. The molecule has 1 aliphatic carbocycles. The Kier molecular flexibility index (Phi) is 4.35. The van der Waals surface area contributed by atoms with Crippen LogP contribution in [0.15, 0.2) is 17.5 Å². The number of hydrogen-bond acceptors (Lipinski definition) is 3.